The van der Waals surface area contributed by atoms with E-state index in [9.17, 15) is 26.4 Å². The number of hydrogen-bond donors (Lipinski definition) is 1. The number of amides is 1. The molecule has 0 spiro atoms. The maximum atomic E-state index is 13.2. The van der Waals surface area contributed by atoms with Crippen molar-refractivity contribution in [2.45, 2.75) is 55.1 Å². The van der Waals surface area contributed by atoms with Gasteiger partial charge in [-0.3, -0.25) is 9.69 Å². The highest BCUT2D eigenvalue weighted by molar-refractivity contribution is 7.89. The molecule has 0 radical (unpaired) electrons. The number of benzene rings is 2. The van der Waals surface area contributed by atoms with Crippen molar-refractivity contribution in [1.29, 1.82) is 0 Å². The number of sulfonamides is 1. The van der Waals surface area contributed by atoms with E-state index >= 15 is 0 Å². The molecule has 4 rings (SSSR count). The summed E-state index contributed by atoms with van der Waals surface area (Å²) in [6.45, 7) is 5.14. The van der Waals surface area contributed by atoms with E-state index in [1.54, 1.807) is 12.1 Å². The van der Waals surface area contributed by atoms with Crippen LogP contribution in [0, 0.1) is 0 Å². The molecule has 0 bridgehead atoms. The zero-order chi connectivity index (χ0) is 25.6. The van der Waals surface area contributed by atoms with Gasteiger partial charge in [0.1, 0.15) is 0 Å². The molecule has 2 aromatic carbocycles. The lowest BCUT2D eigenvalue weighted by Gasteiger charge is -2.40. The molecule has 2 aliphatic rings. The molecule has 2 aromatic rings. The van der Waals surface area contributed by atoms with Crippen molar-refractivity contribution in [2.75, 3.05) is 26.2 Å². The van der Waals surface area contributed by atoms with E-state index in [1.807, 2.05) is 19.1 Å². The van der Waals surface area contributed by atoms with Crippen molar-refractivity contribution < 1.29 is 26.4 Å². The molecule has 35 heavy (non-hydrogen) atoms. The number of primary amides is 1. The molecule has 2 N–H and O–H groups in total. The zero-order valence-corrected chi connectivity index (χ0v) is 20.6. The van der Waals surface area contributed by atoms with Crippen molar-refractivity contribution >= 4 is 15.9 Å². The van der Waals surface area contributed by atoms with E-state index in [0.717, 1.165) is 31.9 Å². The maximum Gasteiger partial charge on any atom is 0.395 e. The summed E-state index contributed by atoms with van der Waals surface area (Å²) in [6.07, 6.45) is -2.33. The smallest absolute Gasteiger partial charge is 0.366 e. The van der Waals surface area contributed by atoms with Gasteiger partial charge in [-0.25, -0.2) is 8.42 Å². The minimum absolute atomic E-state index is 0.00193. The molecular weight excluding hydrogens is 479 g/mol. The lowest BCUT2D eigenvalue weighted by Crippen LogP contribution is -2.55. The van der Waals surface area contributed by atoms with Gasteiger partial charge < -0.3 is 5.73 Å². The fourth-order valence-corrected chi connectivity index (χ4v) is 6.49. The van der Waals surface area contributed by atoms with Crippen LogP contribution in [0.25, 0.3) is 0 Å². The number of rotatable bonds is 7. The van der Waals surface area contributed by atoms with Crippen molar-refractivity contribution in [3.05, 3.63) is 65.2 Å². The molecule has 6 nitrogen and oxygen atoms in total. The molecule has 0 aromatic heterocycles. The number of alkyl halides is 3. The fraction of sp³-hybridized carbons (Fsp3) is 0.480. The molecule has 2 fully saturated rings. The van der Waals surface area contributed by atoms with Crippen LogP contribution < -0.4 is 5.73 Å². The number of hydrogen-bond acceptors (Lipinski definition) is 4. The topological polar surface area (TPSA) is 83.7 Å². The molecular formula is C25H30F3N3O3S. The predicted octanol–water partition coefficient (Wildman–Crippen LogP) is 3.88. The third kappa shape index (κ3) is 5.24. The van der Waals surface area contributed by atoms with Crippen LogP contribution in [0.4, 0.5) is 13.2 Å². The summed E-state index contributed by atoms with van der Waals surface area (Å²) in [6, 6.07) is 12.1. The average molecular weight is 510 g/mol. The Morgan fingerprint density at radius 3 is 2.17 bits per heavy atom. The zero-order valence-electron chi connectivity index (χ0n) is 19.8. The second-order valence-electron chi connectivity index (χ2n) is 9.75. The Kier molecular flexibility index (Phi) is 6.76. The Bertz CT molecular complexity index is 1180. The van der Waals surface area contributed by atoms with Crippen LogP contribution in [0.2, 0.25) is 0 Å². The van der Waals surface area contributed by atoms with Gasteiger partial charge >= 0.3 is 6.18 Å². The summed E-state index contributed by atoms with van der Waals surface area (Å²) in [5, 5.41) is 0. The van der Waals surface area contributed by atoms with Gasteiger partial charge in [0.2, 0.25) is 15.9 Å². The highest BCUT2D eigenvalue weighted by Gasteiger charge is 2.46. The minimum Gasteiger partial charge on any atom is -0.366 e. The van der Waals surface area contributed by atoms with Gasteiger partial charge in [-0.2, -0.15) is 17.5 Å². The molecule has 2 unspecified atom stereocenters. The van der Waals surface area contributed by atoms with Crippen molar-refractivity contribution in [3.63, 3.8) is 0 Å². The van der Waals surface area contributed by atoms with Gasteiger partial charge in [0.15, 0.2) is 0 Å². The monoisotopic (exact) mass is 509 g/mol. The molecule has 190 valence electrons. The second-order valence-corrected chi connectivity index (χ2v) is 11.6. The Morgan fingerprint density at radius 1 is 1.09 bits per heavy atom. The van der Waals surface area contributed by atoms with Crippen LogP contribution >= 0.6 is 0 Å². The summed E-state index contributed by atoms with van der Waals surface area (Å²) < 4.78 is 66.8. The lowest BCUT2D eigenvalue weighted by atomic mass is 9.93. The number of nitrogens with zero attached hydrogens (tertiary/aromatic N) is 2. The van der Waals surface area contributed by atoms with Gasteiger partial charge in [-0.1, -0.05) is 24.3 Å². The normalized spacial score (nSPS) is 22.0. The first kappa shape index (κ1) is 25.7. The molecule has 1 heterocycles. The van der Waals surface area contributed by atoms with Crippen LogP contribution in [0.3, 0.4) is 0 Å². The number of nitrogens with two attached hydrogens (primary N) is 1. The van der Waals surface area contributed by atoms with Crippen LogP contribution in [-0.4, -0.2) is 61.9 Å². The van der Waals surface area contributed by atoms with Gasteiger partial charge in [-0.15, -0.1) is 0 Å². The van der Waals surface area contributed by atoms with E-state index < -0.39 is 28.0 Å². The van der Waals surface area contributed by atoms with Crippen molar-refractivity contribution in [3.8, 4) is 0 Å². The quantitative estimate of drug-likeness (QED) is 0.614. The van der Waals surface area contributed by atoms with Crippen LogP contribution in [-0.2, 0) is 15.4 Å². The van der Waals surface area contributed by atoms with E-state index in [4.69, 9.17) is 5.73 Å². The molecule has 1 aliphatic carbocycles. The average Bonchev–Trinajstić information content (AvgIpc) is 3.58. The first-order valence-corrected chi connectivity index (χ1v) is 13.1. The standard InChI is InChI=1S/C25H30F3N3O3S/c1-17-15-30(16-24(11-12-24)21-7-3-20(4-8-21)23(29)32)13-14-31(17)35(33,34)22-9-5-19(6-10-22)18(2)25(26,27)28/h3-10,17-18H,11-16H2,1-2H3,(H2,29,32). The number of piperazine rings is 1. The largest absolute Gasteiger partial charge is 0.395 e. The van der Waals surface area contributed by atoms with Gasteiger partial charge in [0.05, 0.1) is 10.8 Å². The lowest BCUT2D eigenvalue weighted by molar-refractivity contribution is -0.146. The SMILES string of the molecule is CC1CN(CC2(c3ccc(C(N)=O)cc3)CC2)CCN1S(=O)(=O)c1ccc(C(C)C(F)(F)F)cc1. The predicted molar refractivity (Wildman–Crippen MR) is 127 cm³/mol. The minimum atomic E-state index is -4.38. The van der Waals surface area contributed by atoms with Crippen LogP contribution in [0.5, 0.6) is 0 Å². The molecule has 10 heteroatoms. The van der Waals surface area contributed by atoms with Gasteiger partial charge in [-0.05, 0) is 62.1 Å². The Morgan fingerprint density at radius 2 is 1.69 bits per heavy atom. The summed E-state index contributed by atoms with van der Waals surface area (Å²) >= 11 is 0. The first-order chi connectivity index (χ1) is 16.3. The summed E-state index contributed by atoms with van der Waals surface area (Å²) in [7, 11) is -3.82. The Balaban J connectivity index is 1.42. The van der Waals surface area contributed by atoms with Gasteiger partial charge in [0.25, 0.3) is 0 Å². The maximum absolute atomic E-state index is 13.2. The molecule has 1 amide bonds. The summed E-state index contributed by atoms with van der Waals surface area (Å²) in [5.41, 5.74) is 6.99. The Hall–Kier alpha value is -2.43. The van der Waals surface area contributed by atoms with Gasteiger partial charge in [0, 0.05) is 43.2 Å². The van der Waals surface area contributed by atoms with Crippen molar-refractivity contribution in [1.82, 2.24) is 9.21 Å². The number of halogens is 3. The van der Waals surface area contributed by atoms with E-state index in [1.165, 1.54) is 28.6 Å². The summed E-state index contributed by atoms with van der Waals surface area (Å²) in [5.74, 6) is -2.12. The van der Waals surface area contributed by atoms with Crippen LogP contribution in [0.1, 0.15) is 54.1 Å². The highest BCUT2D eigenvalue weighted by atomic mass is 32.2. The third-order valence-electron chi connectivity index (χ3n) is 7.29. The molecule has 1 aliphatic heterocycles. The molecule has 1 saturated carbocycles. The highest BCUT2D eigenvalue weighted by Crippen LogP contribution is 2.49. The van der Waals surface area contributed by atoms with Crippen LogP contribution in [0.15, 0.2) is 53.4 Å². The number of carbonyl (C=O) groups excluding carboxylic acids is 1. The Labute approximate surface area is 203 Å². The third-order valence-corrected chi connectivity index (χ3v) is 9.32. The van der Waals surface area contributed by atoms with Crippen molar-refractivity contribution in [2.24, 2.45) is 5.73 Å². The van der Waals surface area contributed by atoms with E-state index in [-0.39, 0.29) is 21.9 Å². The van der Waals surface area contributed by atoms with E-state index in [0.29, 0.717) is 25.2 Å². The number of carbonyl (C=O) groups is 1. The fourth-order valence-electron chi connectivity index (χ4n) is 4.87. The first-order valence-electron chi connectivity index (χ1n) is 11.6. The molecule has 2 atom stereocenters. The molecule has 1 saturated heterocycles. The summed E-state index contributed by atoms with van der Waals surface area (Å²) in [4.78, 5) is 13.6. The second kappa shape index (κ2) is 9.22. The van der Waals surface area contributed by atoms with E-state index in [2.05, 4.69) is 4.90 Å².